The summed E-state index contributed by atoms with van der Waals surface area (Å²) in [4.78, 5) is 30.9. The number of fused-ring (bicyclic) bond motifs is 1. The molecule has 0 unspecified atom stereocenters. The van der Waals surface area contributed by atoms with E-state index in [9.17, 15) is 9.59 Å². The van der Waals surface area contributed by atoms with E-state index in [4.69, 9.17) is 10.00 Å². The van der Waals surface area contributed by atoms with E-state index in [1.165, 1.54) is 23.3 Å². The molecule has 2 heterocycles. The van der Waals surface area contributed by atoms with Crippen molar-refractivity contribution in [1.82, 2.24) is 4.90 Å². The Morgan fingerprint density at radius 3 is 2.62 bits per heavy atom. The fraction of sp³-hybridized carbons (Fsp3) is 0.458. The van der Waals surface area contributed by atoms with E-state index in [1.807, 2.05) is 24.3 Å². The van der Waals surface area contributed by atoms with Gasteiger partial charge in [0.15, 0.2) is 0 Å². The number of carbonyl (C=O) groups excluding carboxylic acids is 2. The first-order valence-electron chi connectivity index (χ1n) is 11.1. The van der Waals surface area contributed by atoms with Gasteiger partial charge in [-0.1, -0.05) is 0 Å². The summed E-state index contributed by atoms with van der Waals surface area (Å²) in [6.07, 6.45) is 4.95. The van der Waals surface area contributed by atoms with E-state index in [1.54, 1.807) is 0 Å². The average Bonchev–Trinajstić information content (AvgIpc) is 3.01. The number of rotatable bonds is 5. The van der Waals surface area contributed by atoms with Gasteiger partial charge in [-0.15, -0.1) is 11.3 Å². The number of anilines is 2. The second-order valence-electron chi connectivity index (χ2n) is 8.23. The van der Waals surface area contributed by atoms with Crippen molar-refractivity contribution in [2.24, 2.45) is 0 Å². The van der Waals surface area contributed by atoms with Crippen molar-refractivity contribution in [1.29, 1.82) is 5.26 Å². The van der Waals surface area contributed by atoms with Gasteiger partial charge in [0, 0.05) is 36.7 Å². The molecule has 1 aliphatic carbocycles. The largest absolute Gasteiger partial charge is 0.465 e. The van der Waals surface area contributed by atoms with Crippen LogP contribution in [0.4, 0.5) is 10.7 Å². The first-order chi connectivity index (χ1) is 15.6. The molecule has 0 spiro atoms. The Morgan fingerprint density at radius 2 is 1.88 bits per heavy atom. The molecule has 1 fully saturated rings. The van der Waals surface area contributed by atoms with Crippen molar-refractivity contribution in [2.45, 2.75) is 32.1 Å². The van der Waals surface area contributed by atoms with E-state index >= 15 is 0 Å². The normalized spacial score (nSPS) is 16.6. The zero-order valence-electron chi connectivity index (χ0n) is 18.4. The van der Waals surface area contributed by atoms with Crippen LogP contribution in [0.3, 0.4) is 0 Å². The lowest BCUT2D eigenvalue weighted by molar-refractivity contribution is -0.117. The van der Waals surface area contributed by atoms with Gasteiger partial charge in [0.1, 0.15) is 5.00 Å². The fourth-order valence-corrected chi connectivity index (χ4v) is 5.77. The van der Waals surface area contributed by atoms with E-state index in [0.717, 1.165) is 69.5 Å². The number of nitrogens with zero attached hydrogens (tertiary/aromatic N) is 3. The molecule has 1 aliphatic heterocycles. The van der Waals surface area contributed by atoms with Gasteiger partial charge in [0.2, 0.25) is 5.91 Å². The fourth-order valence-electron chi connectivity index (χ4n) is 4.48. The van der Waals surface area contributed by atoms with E-state index in [0.29, 0.717) is 22.7 Å². The van der Waals surface area contributed by atoms with Gasteiger partial charge < -0.3 is 15.0 Å². The first-order valence-corrected chi connectivity index (χ1v) is 11.9. The molecule has 7 nitrogen and oxygen atoms in total. The molecule has 0 bridgehead atoms. The third-order valence-electron chi connectivity index (χ3n) is 6.13. The van der Waals surface area contributed by atoms with Crippen molar-refractivity contribution in [3.8, 4) is 6.07 Å². The number of carbonyl (C=O) groups is 2. The zero-order chi connectivity index (χ0) is 22.5. The van der Waals surface area contributed by atoms with E-state index in [2.05, 4.69) is 21.2 Å². The van der Waals surface area contributed by atoms with Crippen LogP contribution in [-0.2, 0) is 22.4 Å². The van der Waals surface area contributed by atoms with Crippen LogP contribution in [0, 0.1) is 11.3 Å². The number of aryl methyl sites for hydroxylation is 1. The van der Waals surface area contributed by atoms with Crippen molar-refractivity contribution in [3.05, 3.63) is 45.8 Å². The number of ether oxygens (including phenoxy) is 1. The number of hydrogen-bond acceptors (Lipinski definition) is 7. The molecule has 168 valence electrons. The van der Waals surface area contributed by atoms with Crippen molar-refractivity contribution in [2.75, 3.05) is 50.1 Å². The molecule has 4 rings (SSSR count). The lowest BCUT2D eigenvalue weighted by Crippen LogP contribution is -2.36. The first kappa shape index (κ1) is 22.3. The molecular weight excluding hydrogens is 424 g/mol. The number of nitrogens with one attached hydrogen (secondary N) is 1. The number of hydrogen-bond donors (Lipinski definition) is 1. The molecule has 0 saturated carbocycles. The summed E-state index contributed by atoms with van der Waals surface area (Å²) in [6, 6.07) is 9.79. The monoisotopic (exact) mass is 452 g/mol. The third-order valence-corrected chi connectivity index (χ3v) is 7.34. The number of benzene rings is 1. The number of amides is 1. The summed E-state index contributed by atoms with van der Waals surface area (Å²) in [5.74, 6) is -0.465. The predicted molar refractivity (Wildman–Crippen MR) is 125 cm³/mol. The van der Waals surface area contributed by atoms with E-state index < -0.39 is 0 Å². The molecular formula is C24H28N4O3S. The summed E-state index contributed by atoms with van der Waals surface area (Å²) >= 11 is 1.52. The van der Waals surface area contributed by atoms with Crippen molar-refractivity contribution < 1.29 is 14.3 Å². The second-order valence-corrected chi connectivity index (χ2v) is 9.34. The minimum absolute atomic E-state index is 0.0967. The second kappa shape index (κ2) is 10.2. The minimum Gasteiger partial charge on any atom is -0.465 e. The molecule has 0 atom stereocenters. The Bertz CT molecular complexity index is 1030. The standard InChI is InChI=1S/C24H28N4O3S/c1-31-24(30)22-19-5-2-3-6-20(19)32-23(22)26-21(29)16-27-11-4-12-28(14-13-27)18-9-7-17(15-25)8-10-18/h7-10H,2-6,11-14,16H2,1H3,(H,26,29). The number of esters is 1. The van der Waals surface area contributed by atoms with Gasteiger partial charge >= 0.3 is 5.97 Å². The third kappa shape index (κ3) is 4.95. The zero-order valence-corrected chi connectivity index (χ0v) is 19.2. The molecule has 8 heteroatoms. The van der Waals surface area contributed by atoms with E-state index in [-0.39, 0.29) is 11.9 Å². The highest BCUT2D eigenvalue weighted by Crippen LogP contribution is 2.38. The highest BCUT2D eigenvalue weighted by Gasteiger charge is 2.27. The van der Waals surface area contributed by atoms with Crippen LogP contribution in [0.2, 0.25) is 0 Å². The van der Waals surface area contributed by atoms with Gasteiger partial charge in [-0.05, 0) is 61.9 Å². The summed E-state index contributed by atoms with van der Waals surface area (Å²) < 4.78 is 5.00. The van der Waals surface area contributed by atoms with Gasteiger partial charge in [-0.3, -0.25) is 9.69 Å². The molecule has 2 aromatic rings. The Balaban J connectivity index is 1.38. The van der Waals surface area contributed by atoms with Crippen molar-refractivity contribution in [3.63, 3.8) is 0 Å². The Hall–Kier alpha value is -2.89. The van der Waals surface area contributed by atoms with Crippen LogP contribution in [-0.4, -0.2) is 56.6 Å². The highest BCUT2D eigenvalue weighted by atomic mass is 32.1. The Labute approximate surface area is 192 Å². The molecule has 1 N–H and O–H groups in total. The van der Waals surface area contributed by atoms with Crippen LogP contribution in [0.5, 0.6) is 0 Å². The molecule has 1 aromatic carbocycles. The number of methoxy groups -OCH3 is 1. The summed E-state index contributed by atoms with van der Waals surface area (Å²) in [5.41, 5.74) is 3.35. The van der Waals surface area contributed by atoms with Crippen LogP contribution >= 0.6 is 11.3 Å². The molecule has 1 saturated heterocycles. The van der Waals surface area contributed by atoms with Crippen LogP contribution in [0.15, 0.2) is 24.3 Å². The molecule has 32 heavy (non-hydrogen) atoms. The summed E-state index contributed by atoms with van der Waals surface area (Å²) in [6.45, 7) is 3.64. The van der Waals surface area contributed by atoms with Gasteiger partial charge in [-0.25, -0.2) is 4.79 Å². The maximum Gasteiger partial charge on any atom is 0.341 e. The van der Waals surface area contributed by atoms with Crippen LogP contribution < -0.4 is 10.2 Å². The molecule has 2 aliphatic rings. The average molecular weight is 453 g/mol. The maximum absolute atomic E-state index is 12.8. The van der Waals surface area contributed by atoms with Gasteiger partial charge in [0.05, 0.1) is 30.9 Å². The maximum atomic E-state index is 12.8. The lowest BCUT2D eigenvalue weighted by Gasteiger charge is -2.23. The van der Waals surface area contributed by atoms with Crippen molar-refractivity contribution >= 4 is 33.9 Å². The Morgan fingerprint density at radius 1 is 1.09 bits per heavy atom. The lowest BCUT2D eigenvalue weighted by atomic mass is 9.95. The summed E-state index contributed by atoms with van der Waals surface area (Å²) in [7, 11) is 1.39. The topological polar surface area (TPSA) is 85.7 Å². The van der Waals surface area contributed by atoms with Gasteiger partial charge in [-0.2, -0.15) is 5.26 Å². The molecule has 1 amide bonds. The van der Waals surface area contributed by atoms with Crippen LogP contribution in [0.25, 0.3) is 0 Å². The number of thiophene rings is 1. The van der Waals surface area contributed by atoms with Crippen LogP contribution in [0.1, 0.15) is 45.6 Å². The SMILES string of the molecule is COC(=O)c1c(NC(=O)CN2CCCN(c3ccc(C#N)cc3)CC2)sc2c1CCCC2. The minimum atomic E-state index is -0.368. The van der Waals surface area contributed by atoms with Gasteiger partial charge in [0.25, 0.3) is 0 Å². The molecule has 0 radical (unpaired) electrons. The Kier molecular flexibility index (Phi) is 7.08. The predicted octanol–water partition coefficient (Wildman–Crippen LogP) is 3.44. The smallest absolute Gasteiger partial charge is 0.341 e. The number of nitriles is 1. The molecule has 1 aromatic heterocycles. The quantitative estimate of drug-likeness (QED) is 0.700. The highest BCUT2D eigenvalue weighted by molar-refractivity contribution is 7.17. The summed E-state index contributed by atoms with van der Waals surface area (Å²) in [5, 5.41) is 12.6.